The van der Waals surface area contributed by atoms with E-state index < -0.39 is 11.9 Å². The predicted octanol–water partition coefficient (Wildman–Crippen LogP) is 3.23. The van der Waals surface area contributed by atoms with Crippen LogP contribution in [0, 0.1) is 0 Å². The van der Waals surface area contributed by atoms with Crippen molar-refractivity contribution in [3.63, 3.8) is 0 Å². The number of nitrogens with zero attached hydrogens (tertiary/aromatic N) is 4. The molecule has 0 saturated heterocycles. The van der Waals surface area contributed by atoms with E-state index >= 15 is 0 Å². The maximum absolute atomic E-state index is 12.4. The van der Waals surface area contributed by atoms with Gasteiger partial charge in [0.05, 0.1) is 6.54 Å². The van der Waals surface area contributed by atoms with E-state index in [1.807, 2.05) is 23.9 Å². The van der Waals surface area contributed by atoms with Crippen molar-refractivity contribution in [3.8, 4) is 0 Å². The summed E-state index contributed by atoms with van der Waals surface area (Å²) in [5.41, 5.74) is 0.0114. The summed E-state index contributed by atoms with van der Waals surface area (Å²) in [6, 6.07) is 4.18. The third-order valence-electron chi connectivity index (χ3n) is 2.81. The fourth-order valence-corrected chi connectivity index (χ4v) is 2.30. The maximum atomic E-state index is 12.4. The summed E-state index contributed by atoms with van der Waals surface area (Å²) in [7, 11) is 3.64. The van der Waals surface area contributed by atoms with Crippen molar-refractivity contribution in [1.29, 1.82) is 0 Å². The molecule has 0 N–H and O–H groups in total. The molecule has 2 aromatic heterocycles. The lowest BCUT2D eigenvalue weighted by atomic mass is 10.3. The summed E-state index contributed by atoms with van der Waals surface area (Å²) < 4.78 is 40.1. The average Bonchev–Trinajstić information content (AvgIpc) is 2.67. The Morgan fingerprint density at radius 3 is 2.45 bits per heavy atom. The minimum atomic E-state index is -4.47. The fraction of sp³-hybridized carbons (Fsp3) is 0.333. The van der Waals surface area contributed by atoms with Crippen molar-refractivity contribution in [2.24, 2.45) is 7.05 Å². The number of alkyl halides is 3. The number of aryl methyl sites for hydroxylation is 1. The number of rotatable bonds is 3. The minimum Gasteiger partial charge on any atom is -0.352 e. The summed E-state index contributed by atoms with van der Waals surface area (Å²) in [6.45, 7) is 0.516. The standard InChI is InChI=1S/C12H12BrF3N4/c1-19-6-8(13)5-9(19)7-20(2)11-4-3-10(17-18-11)12(14,15)16/h3-6H,7H2,1-2H3. The largest absolute Gasteiger partial charge is 0.435 e. The molecule has 0 spiro atoms. The highest BCUT2D eigenvalue weighted by molar-refractivity contribution is 9.10. The van der Waals surface area contributed by atoms with Gasteiger partial charge in [-0.2, -0.15) is 13.2 Å². The first-order valence-electron chi connectivity index (χ1n) is 5.70. The van der Waals surface area contributed by atoms with Crippen LogP contribution in [0.25, 0.3) is 0 Å². The van der Waals surface area contributed by atoms with Gasteiger partial charge in [-0.3, -0.25) is 0 Å². The molecule has 2 heterocycles. The molecule has 0 unspecified atom stereocenters. The van der Waals surface area contributed by atoms with Crippen molar-refractivity contribution in [1.82, 2.24) is 14.8 Å². The molecule has 0 amide bonds. The zero-order valence-electron chi connectivity index (χ0n) is 10.8. The van der Waals surface area contributed by atoms with Gasteiger partial charge in [0.2, 0.25) is 0 Å². The summed E-state index contributed by atoms with van der Waals surface area (Å²) in [6.07, 6.45) is -2.56. The molecular weight excluding hydrogens is 337 g/mol. The number of halogens is 4. The average molecular weight is 349 g/mol. The molecule has 8 heteroatoms. The van der Waals surface area contributed by atoms with E-state index in [0.29, 0.717) is 12.4 Å². The maximum Gasteiger partial charge on any atom is 0.435 e. The molecule has 2 rings (SSSR count). The van der Waals surface area contributed by atoms with Crippen LogP contribution in [-0.2, 0) is 19.8 Å². The normalized spacial score (nSPS) is 11.7. The lowest BCUT2D eigenvalue weighted by Crippen LogP contribution is -2.20. The third-order valence-corrected chi connectivity index (χ3v) is 3.24. The fourth-order valence-electron chi connectivity index (χ4n) is 1.73. The number of hydrogen-bond donors (Lipinski definition) is 0. The van der Waals surface area contributed by atoms with Crippen LogP contribution in [0.4, 0.5) is 19.0 Å². The van der Waals surface area contributed by atoms with Crippen molar-refractivity contribution < 1.29 is 13.2 Å². The van der Waals surface area contributed by atoms with Gasteiger partial charge in [-0.1, -0.05) is 0 Å². The third kappa shape index (κ3) is 3.30. The van der Waals surface area contributed by atoms with Crippen LogP contribution in [-0.4, -0.2) is 21.8 Å². The molecule has 0 aliphatic rings. The van der Waals surface area contributed by atoms with E-state index in [2.05, 4.69) is 26.1 Å². The van der Waals surface area contributed by atoms with Crippen molar-refractivity contribution >= 4 is 21.7 Å². The Morgan fingerprint density at radius 2 is 2.00 bits per heavy atom. The van der Waals surface area contributed by atoms with Gasteiger partial charge < -0.3 is 9.47 Å². The molecule has 0 aliphatic carbocycles. The predicted molar refractivity (Wildman–Crippen MR) is 72.3 cm³/mol. The Balaban J connectivity index is 2.13. The van der Waals surface area contributed by atoms with Crippen molar-refractivity contribution in [2.75, 3.05) is 11.9 Å². The smallest absolute Gasteiger partial charge is 0.352 e. The van der Waals surface area contributed by atoms with Crippen LogP contribution >= 0.6 is 15.9 Å². The summed E-state index contributed by atoms with van der Waals surface area (Å²) >= 11 is 3.37. The van der Waals surface area contributed by atoms with Gasteiger partial charge in [0.25, 0.3) is 0 Å². The van der Waals surface area contributed by atoms with Gasteiger partial charge in [0.1, 0.15) is 0 Å². The van der Waals surface area contributed by atoms with Crippen LogP contribution in [0.1, 0.15) is 11.4 Å². The first kappa shape index (κ1) is 14.8. The van der Waals surface area contributed by atoms with Gasteiger partial charge in [0.15, 0.2) is 11.5 Å². The van der Waals surface area contributed by atoms with Crippen LogP contribution < -0.4 is 4.90 Å². The summed E-state index contributed by atoms with van der Waals surface area (Å²) in [5, 5.41) is 6.82. The Labute approximate surface area is 122 Å². The monoisotopic (exact) mass is 348 g/mol. The summed E-state index contributed by atoms with van der Waals surface area (Å²) in [5.74, 6) is 0.385. The molecule has 0 fully saturated rings. The SMILES string of the molecule is CN(Cc1cc(Br)cn1C)c1ccc(C(F)(F)F)nn1. The quantitative estimate of drug-likeness (QED) is 0.853. The second-order valence-electron chi connectivity index (χ2n) is 4.39. The van der Waals surface area contributed by atoms with Gasteiger partial charge in [-0.15, -0.1) is 10.2 Å². The molecule has 108 valence electrons. The second kappa shape index (κ2) is 5.43. The first-order valence-corrected chi connectivity index (χ1v) is 6.49. The van der Waals surface area contributed by atoms with Crippen molar-refractivity contribution in [3.05, 3.63) is 40.3 Å². The Bertz CT molecular complexity index is 592. The number of anilines is 1. The molecule has 0 atom stereocenters. The lowest BCUT2D eigenvalue weighted by molar-refractivity contribution is -0.141. The molecule has 0 saturated carbocycles. The van der Waals surface area contributed by atoms with E-state index in [9.17, 15) is 13.2 Å². The topological polar surface area (TPSA) is 34.0 Å². The van der Waals surface area contributed by atoms with Crippen LogP contribution in [0.15, 0.2) is 28.9 Å². The van der Waals surface area contributed by atoms with E-state index in [0.717, 1.165) is 16.2 Å². The molecule has 4 nitrogen and oxygen atoms in total. The van der Waals surface area contributed by atoms with Gasteiger partial charge in [0, 0.05) is 30.5 Å². The van der Waals surface area contributed by atoms with E-state index in [4.69, 9.17) is 0 Å². The molecule has 0 aromatic carbocycles. The highest BCUT2D eigenvalue weighted by Gasteiger charge is 2.33. The van der Waals surface area contributed by atoms with Gasteiger partial charge in [-0.25, -0.2) is 0 Å². The molecule has 0 aliphatic heterocycles. The minimum absolute atomic E-state index is 0.385. The van der Waals surface area contributed by atoms with Crippen LogP contribution in [0.2, 0.25) is 0 Å². The van der Waals surface area contributed by atoms with Crippen LogP contribution in [0.3, 0.4) is 0 Å². The molecule has 0 bridgehead atoms. The van der Waals surface area contributed by atoms with E-state index in [1.165, 1.54) is 6.07 Å². The van der Waals surface area contributed by atoms with E-state index in [1.54, 1.807) is 11.9 Å². The molecular formula is C12H12BrF3N4. The zero-order chi connectivity index (χ0) is 14.9. The summed E-state index contributed by atoms with van der Waals surface area (Å²) in [4.78, 5) is 1.73. The lowest BCUT2D eigenvalue weighted by Gasteiger charge is -2.18. The Hall–Kier alpha value is -1.57. The van der Waals surface area contributed by atoms with Crippen molar-refractivity contribution in [2.45, 2.75) is 12.7 Å². The zero-order valence-corrected chi connectivity index (χ0v) is 12.4. The Kier molecular flexibility index (Phi) is 4.03. The number of aromatic nitrogens is 3. The second-order valence-corrected chi connectivity index (χ2v) is 5.31. The highest BCUT2D eigenvalue weighted by Crippen LogP contribution is 2.27. The van der Waals surface area contributed by atoms with E-state index in [-0.39, 0.29) is 0 Å². The van der Waals surface area contributed by atoms with Gasteiger partial charge >= 0.3 is 6.18 Å². The molecule has 2 aromatic rings. The molecule has 20 heavy (non-hydrogen) atoms. The van der Waals surface area contributed by atoms with Crippen LogP contribution in [0.5, 0.6) is 0 Å². The molecule has 0 radical (unpaired) electrons. The highest BCUT2D eigenvalue weighted by atomic mass is 79.9. The Morgan fingerprint density at radius 1 is 1.30 bits per heavy atom. The van der Waals surface area contributed by atoms with Gasteiger partial charge in [-0.05, 0) is 34.1 Å². The first-order chi connectivity index (χ1) is 9.27. The number of hydrogen-bond acceptors (Lipinski definition) is 3.